The van der Waals surface area contributed by atoms with Crippen molar-refractivity contribution >= 4 is 86.2 Å². The first kappa shape index (κ1) is 30.3. The summed E-state index contributed by atoms with van der Waals surface area (Å²) in [6, 6.07) is 57.1. The zero-order valence-electron chi connectivity index (χ0n) is 29.1. The summed E-state index contributed by atoms with van der Waals surface area (Å²) in [6.07, 6.45) is 0. The first-order chi connectivity index (χ1) is 27.2. The summed E-state index contributed by atoms with van der Waals surface area (Å²) in [4.78, 5) is 20.7. The summed E-state index contributed by atoms with van der Waals surface area (Å²) in [5.74, 6) is 1.64. The van der Waals surface area contributed by atoms with E-state index in [0.717, 1.165) is 59.7 Å². The van der Waals surface area contributed by atoms with Crippen molar-refractivity contribution in [1.82, 2.24) is 24.5 Å². The van der Waals surface area contributed by atoms with Crippen LogP contribution in [0.4, 0.5) is 0 Å². The zero-order valence-corrected chi connectivity index (χ0v) is 30.0. The SMILES string of the molecule is c1ccc2c(-n3c4ccccc4c4ccccc43)cc(-c3nc(-c4ccc5c(n4)oc4ccccc45)nc(-c4cccc5c4sc4ccccc45)n3)cc2c1. The summed E-state index contributed by atoms with van der Waals surface area (Å²) < 4.78 is 11.0. The molecule has 12 aromatic rings. The van der Waals surface area contributed by atoms with Crippen LogP contribution in [0.1, 0.15) is 0 Å². The van der Waals surface area contributed by atoms with Crippen LogP contribution < -0.4 is 0 Å². The predicted molar refractivity (Wildman–Crippen MR) is 226 cm³/mol. The fourth-order valence-corrected chi connectivity index (χ4v) is 9.39. The van der Waals surface area contributed by atoms with Gasteiger partial charge in [0.1, 0.15) is 11.3 Å². The standard InChI is InChI=1S/C48H27N5OS/c1-2-13-30-28(12-1)26-29(27-41(30)53-39-20-7-3-14-31(39)32-15-4-8-21-40(32)53)45-50-46(37-19-11-18-35-34-17-6-10-23-43(34)55-44(35)37)52-47(51-45)38-25-24-36-33-16-5-9-22-42(33)54-48(36)49-38/h1-27H. The van der Waals surface area contributed by atoms with Gasteiger partial charge >= 0.3 is 0 Å². The molecule has 0 saturated carbocycles. The van der Waals surface area contributed by atoms with Crippen molar-refractivity contribution < 1.29 is 4.42 Å². The lowest BCUT2D eigenvalue weighted by Crippen LogP contribution is -2.02. The van der Waals surface area contributed by atoms with E-state index in [1.54, 1.807) is 11.3 Å². The van der Waals surface area contributed by atoms with E-state index in [1.165, 1.54) is 26.2 Å². The molecule has 0 spiro atoms. The molecule has 7 heteroatoms. The maximum Gasteiger partial charge on any atom is 0.227 e. The van der Waals surface area contributed by atoms with Gasteiger partial charge in [-0.05, 0) is 60.0 Å². The van der Waals surface area contributed by atoms with Crippen LogP contribution >= 0.6 is 11.3 Å². The average molecular weight is 722 g/mol. The number of hydrogen-bond donors (Lipinski definition) is 0. The van der Waals surface area contributed by atoms with Gasteiger partial charge < -0.3 is 8.98 Å². The number of hydrogen-bond acceptors (Lipinski definition) is 6. The van der Waals surface area contributed by atoms with Crippen LogP contribution in [0.3, 0.4) is 0 Å². The molecule has 12 rings (SSSR count). The number of furan rings is 1. The molecule has 7 aromatic carbocycles. The van der Waals surface area contributed by atoms with Crippen LogP contribution in [0.2, 0.25) is 0 Å². The van der Waals surface area contributed by atoms with Gasteiger partial charge in [0.05, 0.1) is 16.7 Å². The van der Waals surface area contributed by atoms with Crippen LogP contribution in [0.5, 0.6) is 0 Å². The van der Waals surface area contributed by atoms with Crippen LogP contribution in [0.25, 0.3) is 115 Å². The van der Waals surface area contributed by atoms with Crippen LogP contribution in [-0.2, 0) is 0 Å². The first-order valence-electron chi connectivity index (χ1n) is 18.2. The van der Waals surface area contributed by atoms with E-state index in [1.807, 2.05) is 24.3 Å². The molecule has 0 aliphatic carbocycles. The van der Waals surface area contributed by atoms with Gasteiger partial charge in [-0.15, -0.1) is 11.3 Å². The normalized spacial score (nSPS) is 12.0. The minimum absolute atomic E-state index is 0.479. The number of thiophene rings is 1. The minimum Gasteiger partial charge on any atom is -0.438 e. The summed E-state index contributed by atoms with van der Waals surface area (Å²) >= 11 is 1.76. The molecule has 0 fully saturated rings. The quantitative estimate of drug-likeness (QED) is 0.181. The lowest BCUT2D eigenvalue weighted by atomic mass is 10.0. The third kappa shape index (κ3) is 4.60. The monoisotopic (exact) mass is 721 g/mol. The first-order valence-corrected chi connectivity index (χ1v) is 19.0. The zero-order chi connectivity index (χ0) is 36.0. The van der Waals surface area contributed by atoms with Crippen LogP contribution in [-0.4, -0.2) is 24.5 Å². The Bertz CT molecular complexity index is 3470. The third-order valence-corrected chi connectivity index (χ3v) is 11.9. The molecule has 0 atom stereocenters. The van der Waals surface area contributed by atoms with Gasteiger partial charge in [-0.2, -0.15) is 0 Å². The van der Waals surface area contributed by atoms with Crippen LogP contribution in [0.15, 0.2) is 168 Å². The van der Waals surface area contributed by atoms with Crippen molar-refractivity contribution in [3.8, 4) is 40.0 Å². The molecule has 6 nitrogen and oxygen atoms in total. The Morgan fingerprint density at radius 2 is 1.11 bits per heavy atom. The lowest BCUT2D eigenvalue weighted by Gasteiger charge is -2.15. The Kier molecular flexibility index (Phi) is 6.40. The highest BCUT2D eigenvalue weighted by molar-refractivity contribution is 7.26. The molecule has 0 amide bonds. The van der Waals surface area contributed by atoms with Crippen molar-refractivity contribution in [1.29, 1.82) is 0 Å². The molecule has 5 heterocycles. The van der Waals surface area contributed by atoms with E-state index >= 15 is 0 Å². The van der Waals surface area contributed by atoms with E-state index in [4.69, 9.17) is 24.4 Å². The highest BCUT2D eigenvalue weighted by Gasteiger charge is 2.21. The number of para-hydroxylation sites is 3. The maximum atomic E-state index is 6.23. The Labute approximate surface area is 317 Å². The average Bonchev–Trinajstić information content (AvgIpc) is 3.92. The van der Waals surface area contributed by atoms with Gasteiger partial charge in [0.25, 0.3) is 0 Å². The lowest BCUT2D eigenvalue weighted by molar-refractivity contribution is 0.654. The topological polar surface area (TPSA) is 69.6 Å². The highest BCUT2D eigenvalue weighted by Crippen LogP contribution is 2.41. The van der Waals surface area contributed by atoms with E-state index in [9.17, 15) is 0 Å². The fourth-order valence-electron chi connectivity index (χ4n) is 8.18. The molecule has 0 aliphatic rings. The second-order valence-electron chi connectivity index (χ2n) is 13.8. The van der Waals surface area contributed by atoms with Crippen molar-refractivity contribution in [3.05, 3.63) is 164 Å². The van der Waals surface area contributed by atoms with Crippen molar-refractivity contribution in [2.24, 2.45) is 0 Å². The van der Waals surface area contributed by atoms with Crippen molar-refractivity contribution in [2.45, 2.75) is 0 Å². The largest absolute Gasteiger partial charge is 0.438 e. The van der Waals surface area contributed by atoms with Crippen molar-refractivity contribution in [2.75, 3.05) is 0 Å². The van der Waals surface area contributed by atoms with Gasteiger partial charge in [-0.3, -0.25) is 0 Å². The maximum absolute atomic E-state index is 6.23. The van der Waals surface area contributed by atoms with Gasteiger partial charge in [0, 0.05) is 58.2 Å². The van der Waals surface area contributed by atoms with E-state index in [-0.39, 0.29) is 0 Å². The predicted octanol–water partition coefficient (Wildman–Crippen LogP) is 12.8. The van der Waals surface area contributed by atoms with Gasteiger partial charge in [0.2, 0.25) is 5.71 Å². The Morgan fingerprint density at radius 3 is 1.95 bits per heavy atom. The Morgan fingerprint density at radius 1 is 0.455 bits per heavy atom. The number of nitrogens with zero attached hydrogens (tertiary/aromatic N) is 5. The van der Waals surface area contributed by atoms with E-state index < -0.39 is 0 Å². The number of fused-ring (bicyclic) bond motifs is 10. The van der Waals surface area contributed by atoms with Gasteiger partial charge in [-0.1, -0.05) is 109 Å². The molecule has 5 aromatic heterocycles. The van der Waals surface area contributed by atoms with Crippen LogP contribution in [0, 0.1) is 0 Å². The highest BCUT2D eigenvalue weighted by atomic mass is 32.1. The second kappa shape index (κ2) is 11.6. The number of aromatic nitrogens is 5. The summed E-state index contributed by atoms with van der Waals surface area (Å²) in [6.45, 7) is 0. The summed E-state index contributed by atoms with van der Waals surface area (Å²) in [7, 11) is 0. The Balaban J connectivity index is 1.14. The molecular weight excluding hydrogens is 695 g/mol. The van der Waals surface area contributed by atoms with Crippen molar-refractivity contribution in [3.63, 3.8) is 0 Å². The molecule has 0 bridgehead atoms. The van der Waals surface area contributed by atoms with Gasteiger partial charge in [-0.25, -0.2) is 19.9 Å². The molecule has 0 radical (unpaired) electrons. The molecule has 55 heavy (non-hydrogen) atoms. The second-order valence-corrected chi connectivity index (χ2v) is 14.9. The molecule has 0 aliphatic heterocycles. The summed E-state index contributed by atoms with van der Waals surface area (Å²) in [5.41, 5.74) is 7.14. The molecule has 0 saturated heterocycles. The number of rotatable bonds is 4. The molecule has 0 N–H and O–H groups in total. The number of benzene rings is 7. The fraction of sp³-hybridized carbons (Fsp3) is 0. The minimum atomic E-state index is 0.479. The van der Waals surface area contributed by atoms with E-state index in [0.29, 0.717) is 28.9 Å². The molecule has 0 unspecified atom stereocenters. The molecular formula is C48H27N5OS. The van der Waals surface area contributed by atoms with Gasteiger partial charge in [0.15, 0.2) is 17.5 Å². The molecule has 256 valence electrons. The third-order valence-electron chi connectivity index (χ3n) is 10.7. The Hall–Kier alpha value is -7.22. The summed E-state index contributed by atoms with van der Waals surface area (Å²) in [5, 5.41) is 9.03. The number of pyridine rings is 1. The van der Waals surface area contributed by atoms with E-state index in [2.05, 4.69) is 144 Å². The smallest absolute Gasteiger partial charge is 0.227 e.